The third kappa shape index (κ3) is 4.94. The van der Waals surface area contributed by atoms with Crippen LogP contribution in [0.1, 0.15) is 40.0 Å². The number of nitrogens with one attached hydrogen (secondary N) is 2. The van der Waals surface area contributed by atoms with Gasteiger partial charge in [-0.3, -0.25) is 14.7 Å². The lowest BCUT2D eigenvalue weighted by molar-refractivity contribution is -0.139. The van der Waals surface area contributed by atoms with E-state index in [1.807, 2.05) is 6.92 Å². The van der Waals surface area contributed by atoms with E-state index in [2.05, 4.69) is 4.72 Å². The first kappa shape index (κ1) is 23.7. The van der Waals surface area contributed by atoms with E-state index in [-0.39, 0.29) is 24.3 Å². The molecule has 1 heterocycles. The van der Waals surface area contributed by atoms with Crippen LogP contribution in [0, 0.1) is 6.92 Å². The van der Waals surface area contributed by atoms with Gasteiger partial charge in [-0.25, -0.2) is 10.3 Å². The second-order valence-corrected chi connectivity index (χ2v) is 9.12. The first-order chi connectivity index (χ1) is 15.2. The number of halogens is 1. The van der Waals surface area contributed by atoms with Crippen LogP contribution in [0.4, 0.5) is 0 Å². The molecule has 3 rings (SSSR count). The number of aryl methyl sites for hydroxylation is 1. The van der Waals surface area contributed by atoms with Gasteiger partial charge in [0.25, 0.3) is 5.91 Å². The molecule has 0 fully saturated rings. The molecule has 1 aliphatic heterocycles. The van der Waals surface area contributed by atoms with Gasteiger partial charge in [0.1, 0.15) is 0 Å². The number of carbonyl (C=O) groups is 2. The summed E-state index contributed by atoms with van der Waals surface area (Å²) in [7, 11) is -4.04. The average molecular weight is 480 g/mol. The van der Waals surface area contributed by atoms with Crippen LogP contribution in [0.3, 0.4) is 0 Å². The summed E-state index contributed by atoms with van der Waals surface area (Å²) in [4.78, 5) is 24.2. The van der Waals surface area contributed by atoms with Crippen LogP contribution in [-0.2, 0) is 26.3 Å². The largest absolute Gasteiger partial charge is 0.463 e. The normalized spacial score (nSPS) is 17.8. The topological polar surface area (TPSA) is 125 Å². The molecule has 1 atom stereocenters. The Kier molecular flexibility index (Phi) is 7.19. The van der Waals surface area contributed by atoms with Gasteiger partial charge in [0, 0.05) is 23.3 Å². The summed E-state index contributed by atoms with van der Waals surface area (Å²) in [5, 5.41) is 9.07. The Labute approximate surface area is 190 Å². The molecular formula is C21H22ClN3O6S. The number of rotatable bonds is 6. The summed E-state index contributed by atoms with van der Waals surface area (Å²) in [5.41, 5.74) is 3.67. The smallest absolute Gasteiger partial charge is 0.337 e. The average Bonchev–Trinajstić information content (AvgIpc) is 2.75. The summed E-state index contributed by atoms with van der Waals surface area (Å²) in [5.74, 6) is -1.36. The SMILES string of the molecule is CCOC(=O)C1=CNS(=O)(=O)N(Cc2ccc(C(=O)NO)cc2)C1c1ccc(C)cc1Cl. The Morgan fingerprint density at radius 1 is 1.22 bits per heavy atom. The standard InChI is InChI=1S/C21H22ClN3O6S/c1-3-31-21(27)17-11-23-32(29,30)25(19(17)16-9-4-13(2)10-18(16)22)12-14-5-7-15(8-6-14)20(26)24-28/h4-11,19,23,28H,3,12H2,1-2H3,(H,24,26). The van der Waals surface area contributed by atoms with Crippen molar-refractivity contribution in [3.05, 3.63) is 81.5 Å². The van der Waals surface area contributed by atoms with Crippen molar-refractivity contribution in [1.29, 1.82) is 0 Å². The van der Waals surface area contributed by atoms with E-state index in [0.717, 1.165) is 16.1 Å². The van der Waals surface area contributed by atoms with Gasteiger partial charge < -0.3 is 4.74 Å². The van der Waals surface area contributed by atoms with Crippen LogP contribution in [0.25, 0.3) is 0 Å². The Hall–Kier alpha value is -2.92. The van der Waals surface area contributed by atoms with E-state index >= 15 is 0 Å². The molecule has 2 aromatic carbocycles. The lowest BCUT2D eigenvalue weighted by Crippen LogP contribution is -2.46. The summed E-state index contributed by atoms with van der Waals surface area (Å²) < 4.78 is 34.5. The number of carbonyl (C=O) groups excluding carboxylic acids is 2. The number of hydrogen-bond acceptors (Lipinski definition) is 6. The second kappa shape index (κ2) is 9.70. The molecule has 32 heavy (non-hydrogen) atoms. The lowest BCUT2D eigenvalue weighted by Gasteiger charge is -2.35. The minimum Gasteiger partial charge on any atom is -0.463 e. The van der Waals surface area contributed by atoms with E-state index in [4.69, 9.17) is 21.5 Å². The highest BCUT2D eigenvalue weighted by molar-refractivity contribution is 7.87. The highest BCUT2D eigenvalue weighted by atomic mass is 35.5. The molecule has 0 saturated heterocycles. The molecule has 11 heteroatoms. The van der Waals surface area contributed by atoms with Crippen LogP contribution in [0.15, 0.2) is 54.2 Å². The molecule has 0 saturated carbocycles. The maximum Gasteiger partial charge on any atom is 0.337 e. The zero-order valence-corrected chi connectivity index (χ0v) is 18.9. The van der Waals surface area contributed by atoms with Crippen molar-refractivity contribution in [3.8, 4) is 0 Å². The van der Waals surface area contributed by atoms with Crippen molar-refractivity contribution >= 4 is 33.7 Å². The van der Waals surface area contributed by atoms with Gasteiger partial charge in [-0.15, -0.1) is 0 Å². The molecule has 0 bridgehead atoms. The molecule has 1 unspecified atom stereocenters. The van der Waals surface area contributed by atoms with Crippen LogP contribution < -0.4 is 10.2 Å². The van der Waals surface area contributed by atoms with Crippen LogP contribution >= 0.6 is 11.6 Å². The Morgan fingerprint density at radius 3 is 2.50 bits per heavy atom. The molecule has 0 aliphatic carbocycles. The van der Waals surface area contributed by atoms with Gasteiger partial charge in [-0.1, -0.05) is 35.9 Å². The van der Waals surface area contributed by atoms with E-state index in [9.17, 15) is 18.0 Å². The zero-order valence-electron chi connectivity index (χ0n) is 17.3. The Balaban J connectivity index is 2.08. The number of benzene rings is 2. The number of nitrogens with zero attached hydrogens (tertiary/aromatic N) is 1. The predicted molar refractivity (Wildman–Crippen MR) is 117 cm³/mol. The van der Waals surface area contributed by atoms with E-state index in [0.29, 0.717) is 16.1 Å². The van der Waals surface area contributed by atoms with E-state index < -0.39 is 28.1 Å². The number of hydroxylamine groups is 1. The fraction of sp³-hybridized carbons (Fsp3) is 0.238. The van der Waals surface area contributed by atoms with Crippen LogP contribution in [0.2, 0.25) is 5.02 Å². The van der Waals surface area contributed by atoms with Gasteiger partial charge in [-0.2, -0.15) is 12.7 Å². The fourth-order valence-corrected chi connectivity index (χ4v) is 4.90. The third-order valence-corrected chi connectivity index (χ3v) is 6.57. The van der Waals surface area contributed by atoms with Crippen LogP contribution in [-0.4, -0.2) is 36.4 Å². The molecule has 1 aliphatic rings. The molecule has 0 spiro atoms. The Bertz CT molecular complexity index is 1160. The highest BCUT2D eigenvalue weighted by Crippen LogP contribution is 2.38. The van der Waals surface area contributed by atoms with Gasteiger partial charge >= 0.3 is 16.2 Å². The van der Waals surface area contributed by atoms with E-state index in [1.165, 1.54) is 17.6 Å². The highest BCUT2D eigenvalue weighted by Gasteiger charge is 2.41. The predicted octanol–water partition coefficient (Wildman–Crippen LogP) is 2.61. The maximum absolute atomic E-state index is 13.0. The van der Waals surface area contributed by atoms with Crippen molar-refractivity contribution in [2.24, 2.45) is 0 Å². The van der Waals surface area contributed by atoms with Crippen molar-refractivity contribution in [3.63, 3.8) is 0 Å². The summed E-state index contributed by atoms with van der Waals surface area (Å²) in [6.07, 6.45) is 1.12. The third-order valence-electron chi connectivity index (χ3n) is 4.87. The Morgan fingerprint density at radius 2 is 1.91 bits per heavy atom. The van der Waals surface area contributed by atoms with Crippen molar-refractivity contribution in [2.75, 3.05) is 6.61 Å². The summed E-state index contributed by atoms with van der Waals surface area (Å²) in [6, 6.07) is 10.1. The second-order valence-electron chi connectivity index (χ2n) is 7.05. The lowest BCUT2D eigenvalue weighted by atomic mass is 9.97. The molecule has 170 valence electrons. The number of amides is 1. The van der Waals surface area contributed by atoms with Gasteiger partial charge in [0.05, 0.1) is 18.2 Å². The minimum atomic E-state index is -4.04. The quantitative estimate of drug-likeness (QED) is 0.332. The molecule has 1 amide bonds. The van der Waals surface area contributed by atoms with Gasteiger partial charge in [-0.05, 0) is 48.7 Å². The molecule has 9 nitrogen and oxygen atoms in total. The van der Waals surface area contributed by atoms with Crippen molar-refractivity contribution in [2.45, 2.75) is 26.4 Å². The fourth-order valence-electron chi connectivity index (χ4n) is 3.32. The van der Waals surface area contributed by atoms with Gasteiger partial charge in [0.2, 0.25) is 0 Å². The van der Waals surface area contributed by atoms with Crippen molar-refractivity contribution < 1.29 is 28.0 Å². The molecule has 2 aromatic rings. The first-order valence-corrected chi connectivity index (χ1v) is 11.5. The zero-order chi connectivity index (χ0) is 23.5. The monoisotopic (exact) mass is 479 g/mol. The summed E-state index contributed by atoms with van der Waals surface area (Å²) in [6.45, 7) is 3.49. The van der Waals surface area contributed by atoms with Gasteiger partial charge in [0.15, 0.2) is 0 Å². The molecule has 3 N–H and O–H groups in total. The first-order valence-electron chi connectivity index (χ1n) is 9.63. The minimum absolute atomic E-state index is 0.0868. The molecule has 0 aromatic heterocycles. The van der Waals surface area contributed by atoms with Crippen LogP contribution in [0.5, 0.6) is 0 Å². The molecule has 0 radical (unpaired) electrons. The number of hydrogen-bond donors (Lipinski definition) is 3. The number of esters is 1. The number of ether oxygens (including phenoxy) is 1. The maximum atomic E-state index is 13.0. The van der Waals surface area contributed by atoms with E-state index in [1.54, 1.807) is 37.3 Å². The van der Waals surface area contributed by atoms with Crippen molar-refractivity contribution in [1.82, 2.24) is 14.5 Å². The summed E-state index contributed by atoms with van der Waals surface area (Å²) >= 11 is 6.45. The molecular weight excluding hydrogens is 458 g/mol.